The second-order valence-electron chi connectivity index (χ2n) is 5.52. The molecule has 0 aliphatic carbocycles. The lowest BCUT2D eigenvalue weighted by molar-refractivity contribution is -0.119. The highest BCUT2D eigenvalue weighted by atomic mass is 35.5. The number of nitrogens with one attached hydrogen (secondary N) is 2. The Hall–Kier alpha value is -1.15. The van der Waals surface area contributed by atoms with E-state index in [1.54, 1.807) is 40.0 Å². The number of carbonyl (C=O) groups is 1. The zero-order chi connectivity index (χ0) is 17.6. The van der Waals surface area contributed by atoms with E-state index in [9.17, 15) is 13.2 Å². The van der Waals surface area contributed by atoms with Crippen LogP contribution >= 0.6 is 12.4 Å². The SMILES string of the molecule is CCN(CC)S(=O)(=O)c1cc(NC(=O)C(C)CNC)ccc1C.Cl. The van der Waals surface area contributed by atoms with Crippen molar-refractivity contribution in [2.24, 2.45) is 5.92 Å². The van der Waals surface area contributed by atoms with E-state index >= 15 is 0 Å². The van der Waals surface area contributed by atoms with E-state index in [4.69, 9.17) is 0 Å². The first kappa shape index (κ1) is 22.9. The van der Waals surface area contributed by atoms with Gasteiger partial charge in [0.05, 0.1) is 4.90 Å². The van der Waals surface area contributed by atoms with Gasteiger partial charge in [-0.05, 0) is 31.7 Å². The van der Waals surface area contributed by atoms with Crippen LogP contribution < -0.4 is 10.6 Å². The maximum Gasteiger partial charge on any atom is 0.243 e. The van der Waals surface area contributed by atoms with Crippen molar-refractivity contribution in [3.63, 3.8) is 0 Å². The average molecular weight is 378 g/mol. The number of benzene rings is 1. The first-order valence-corrected chi connectivity index (χ1v) is 9.28. The highest BCUT2D eigenvalue weighted by Gasteiger charge is 2.24. The van der Waals surface area contributed by atoms with Gasteiger partial charge in [0.15, 0.2) is 0 Å². The third-order valence-corrected chi connectivity index (χ3v) is 5.93. The molecule has 0 heterocycles. The molecule has 2 N–H and O–H groups in total. The molecule has 1 amide bonds. The van der Waals surface area contributed by atoms with Crippen LogP contribution in [-0.2, 0) is 14.8 Å². The maximum atomic E-state index is 12.7. The summed E-state index contributed by atoms with van der Waals surface area (Å²) in [4.78, 5) is 12.3. The van der Waals surface area contributed by atoms with Crippen LogP contribution in [0.4, 0.5) is 5.69 Å². The second kappa shape index (κ2) is 9.98. The number of rotatable bonds is 8. The minimum atomic E-state index is -3.55. The van der Waals surface area contributed by atoms with E-state index in [2.05, 4.69) is 10.6 Å². The third kappa shape index (κ3) is 5.44. The van der Waals surface area contributed by atoms with Crippen LogP contribution in [0.3, 0.4) is 0 Å². The molecule has 1 rings (SSSR count). The van der Waals surface area contributed by atoms with Crippen molar-refractivity contribution in [2.75, 3.05) is 32.0 Å². The van der Waals surface area contributed by atoms with Crippen LogP contribution in [0.25, 0.3) is 0 Å². The van der Waals surface area contributed by atoms with Crippen molar-refractivity contribution in [1.82, 2.24) is 9.62 Å². The van der Waals surface area contributed by atoms with E-state index in [1.807, 2.05) is 6.92 Å². The molecule has 1 aromatic carbocycles. The van der Waals surface area contributed by atoms with E-state index in [0.29, 0.717) is 30.9 Å². The van der Waals surface area contributed by atoms with Gasteiger partial charge in [-0.2, -0.15) is 4.31 Å². The van der Waals surface area contributed by atoms with E-state index in [1.165, 1.54) is 10.4 Å². The number of aryl methyl sites for hydroxylation is 1. The largest absolute Gasteiger partial charge is 0.326 e. The molecule has 0 fully saturated rings. The molecule has 6 nitrogen and oxygen atoms in total. The summed E-state index contributed by atoms with van der Waals surface area (Å²) in [6, 6.07) is 4.97. The number of sulfonamides is 1. The van der Waals surface area contributed by atoms with Crippen molar-refractivity contribution in [2.45, 2.75) is 32.6 Å². The van der Waals surface area contributed by atoms with Gasteiger partial charge in [0, 0.05) is 31.2 Å². The van der Waals surface area contributed by atoms with Crippen LogP contribution in [0.2, 0.25) is 0 Å². The molecule has 0 radical (unpaired) electrons. The lowest BCUT2D eigenvalue weighted by Crippen LogP contribution is -2.31. The average Bonchev–Trinajstić information content (AvgIpc) is 2.50. The van der Waals surface area contributed by atoms with Crippen molar-refractivity contribution in [3.05, 3.63) is 23.8 Å². The molecule has 8 heteroatoms. The van der Waals surface area contributed by atoms with Gasteiger partial charge in [-0.1, -0.05) is 26.8 Å². The van der Waals surface area contributed by atoms with Gasteiger partial charge in [-0.25, -0.2) is 8.42 Å². The summed E-state index contributed by atoms with van der Waals surface area (Å²) >= 11 is 0. The molecule has 0 saturated heterocycles. The summed E-state index contributed by atoms with van der Waals surface area (Å²) in [6.07, 6.45) is 0. The molecular formula is C16H28ClN3O3S. The maximum absolute atomic E-state index is 12.7. The number of anilines is 1. The van der Waals surface area contributed by atoms with E-state index in [0.717, 1.165) is 0 Å². The summed E-state index contributed by atoms with van der Waals surface area (Å²) in [5, 5.41) is 5.72. The first-order chi connectivity index (χ1) is 10.8. The predicted octanol–water partition coefficient (Wildman–Crippen LogP) is 2.24. The fourth-order valence-electron chi connectivity index (χ4n) is 2.32. The summed E-state index contributed by atoms with van der Waals surface area (Å²) in [5.74, 6) is -0.349. The highest BCUT2D eigenvalue weighted by molar-refractivity contribution is 7.89. The summed E-state index contributed by atoms with van der Waals surface area (Å²) in [7, 11) is -1.77. The summed E-state index contributed by atoms with van der Waals surface area (Å²) < 4.78 is 26.8. The first-order valence-electron chi connectivity index (χ1n) is 7.84. The molecule has 24 heavy (non-hydrogen) atoms. The quantitative estimate of drug-likeness (QED) is 0.728. The molecule has 1 aromatic rings. The Morgan fingerprint density at radius 3 is 2.33 bits per heavy atom. The van der Waals surface area contributed by atoms with Gasteiger partial charge in [-0.3, -0.25) is 4.79 Å². The van der Waals surface area contributed by atoms with Crippen molar-refractivity contribution in [3.8, 4) is 0 Å². The molecule has 0 aromatic heterocycles. The molecule has 138 valence electrons. The Bertz CT molecular complexity index is 646. The van der Waals surface area contributed by atoms with E-state index in [-0.39, 0.29) is 29.1 Å². The Morgan fingerprint density at radius 1 is 1.25 bits per heavy atom. The molecule has 1 unspecified atom stereocenters. The minimum Gasteiger partial charge on any atom is -0.326 e. The Kier molecular flexibility index (Phi) is 9.50. The standard InChI is InChI=1S/C16H27N3O3S.ClH/c1-6-19(7-2)23(21,22)15-10-14(9-8-12(15)3)18-16(20)13(4)11-17-5;/h8-10,13,17H,6-7,11H2,1-5H3,(H,18,20);1H. The molecule has 0 aliphatic heterocycles. The summed E-state index contributed by atoms with van der Waals surface area (Å²) in [5.41, 5.74) is 1.16. The van der Waals surface area contributed by atoms with Gasteiger partial charge in [-0.15, -0.1) is 12.4 Å². The van der Waals surface area contributed by atoms with Crippen molar-refractivity contribution < 1.29 is 13.2 Å². The number of hydrogen-bond donors (Lipinski definition) is 2. The van der Waals surface area contributed by atoms with Crippen molar-refractivity contribution >= 4 is 34.0 Å². The Labute approximate surface area is 151 Å². The lowest BCUT2D eigenvalue weighted by atomic mass is 10.1. The molecule has 0 bridgehead atoms. The number of amides is 1. The van der Waals surface area contributed by atoms with Gasteiger partial charge >= 0.3 is 0 Å². The normalized spacial score (nSPS) is 12.6. The van der Waals surface area contributed by atoms with Crippen LogP contribution in [0.1, 0.15) is 26.3 Å². The zero-order valence-electron chi connectivity index (χ0n) is 14.9. The number of carbonyl (C=O) groups excluding carboxylic acids is 1. The Morgan fingerprint density at radius 2 is 1.83 bits per heavy atom. The highest BCUT2D eigenvalue weighted by Crippen LogP contribution is 2.23. The molecular weight excluding hydrogens is 350 g/mol. The van der Waals surface area contributed by atoms with Gasteiger partial charge in [0.1, 0.15) is 0 Å². The van der Waals surface area contributed by atoms with Crippen LogP contribution in [-0.4, -0.2) is 45.3 Å². The fourth-order valence-corrected chi connectivity index (χ4v) is 4.03. The van der Waals surface area contributed by atoms with Crippen LogP contribution in [0.15, 0.2) is 23.1 Å². The molecule has 0 spiro atoms. The van der Waals surface area contributed by atoms with Crippen LogP contribution in [0, 0.1) is 12.8 Å². The predicted molar refractivity (Wildman–Crippen MR) is 100 cm³/mol. The van der Waals surface area contributed by atoms with Crippen molar-refractivity contribution in [1.29, 1.82) is 0 Å². The molecule has 0 aliphatic rings. The molecule has 0 saturated carbocycles. The van der Waals surface area contributed by atoms with Gasteiger partial charge in [0.25, 0.3) is 0 Å². The second-order valence-corrected chi connectivity index (χ2v) is 7.42. The van der Waals surface area contributed by atoms with Gasteiger partial charge < -0.3 is 10.6 Å². The number of halogens is 1. The number of nitrogens with zero attached hydrogens (tertiary/aromatic N) is 1. The third-order valence-electron chi connectivity index (χ3n) is 3.74. The van der Waals surface area contributed by atoms with E-state index < -0.39 is 10.0 Å². The smallest absolute Gasteiger partial charge is 0.243 e. The topological polar surface area (TPSA) is 78.5 Å². The monoisotopic (exact) mass is 377 g/mol. The summed E-state index contributed by atoms with van der Waals surface area (Å²) in [6.45, 7) is 8.56. The van der Waals surface area contributed by atoms with Gasteiger partial charge in [0.2, 0.25) is 15.9 Å². The lowest BCUT2D eigenvalue weighted by Gasteiger charge is -2.20. The number of hydrogen-bond acceptors (Lipinski definition) is 4. The molecule has 1 atom stereocenters. The fraction of sp³-hybridized carbons (Fsp3) is 0.562. The van der Waals surface area contributed by atoms with Crippen LogP contribution in [0.5, 0.6) is 0 Å². The zero-order valence-corrected chi connectivity index (χ0v) is 16.6. The Balaban J connectivity index is 0.00000529. The minimum absolute atomic E-state index is 0.